The van der Waals surface area contributed by atoms with Gasteiger partial charge in [0.25, 0.3) is 0 Å². The van der Waals surface area contributed by atoms with E-state index in [4.69, 9.17) is 19.8 Å². The summed E-state index contributed by atoms with van der Waals surface area (Å²) in [6.45, 7) is 9.83. The van der Waals surface area contributed by atoms with Gasteiger partial charge in [-0.2, -0.15) is 0 Å². The molecule has 0 aromatic heterocycles. The molecule has 0 saturated heterocycles. The number of carbonyl (C=O) groups is 4. The van der Waals surface area contributed by atoms with Crippen molar-refractivity contribution in [2.75, 3.05) is 0 Å². The third-order valence-electron chi connectivity index (χ3n) is 3.46. The first-order valence-electron chi connectivity index (χ1n) is 9.67. The van der Waals surface area contributed by atoms with Crippen molar-refractivity contribution in [2.45, 2.75) is 92.9 Å². The van der Waals surface area contributed by atoms with E-state index in [0.717, 1.165) is 52.4 Å². The molecule has 2 atom stereocenters. The summed E-state index contributed by atoms with van der Waals surface area (Å²) in [7, 11) is 0. The van der Waals surface area contributed by atoms with Gasteiger partial charge in [-0.3, -0.25) is 0 Å². The molecule has 1 radical (unpaired) electrons. The van der Waals surface area contributed by atoms with Gasteiger partial charge in [0.05, 0.1) is 0 Å². The van der Waals surface area contributed by atoms with E-state index >= 15 is 0 Å². The summed E-state index contributed by atoms with van der Waals surface area (Å²) in [5.74, 6) is -4.40. The topological polar surface area (TPSA) is 161 Å². The van der Waals surface area contributed by atoms with Crippen LogP contribution >= 0.6 is 0 Å². The van der Waals surface area contributed by atoms with Crippen molar-refractivity contribution >= 4 is 23.9 Å². The summed E-state index contributed by atoms with van der Waals surface area (Å²) in [6.07, 6.45) is 7.04. The van der Waals surface area contributed by atoms with Gasteiger partial charge in [0.1, 0.15) is 0 Å². The van der Waals surface area contributed by atoms with E-state index in [0.29, 0.717) is 12.8 Å². The summed E-state index contributed by atoms with van der Waals surface area (Å²) in [5, 5.41) is 38.4. The summed E-state index contributed by atoms with van der Waals surface area (Å²) in [4.78, 5) is 38.4. The molecule has 0 fully saturated rings. The number of carboxylic acids is 4. The molecule has 31 heavy (non-hydrogen) atoms. The first-order chi connectivity index (χ1) is 12.9. The molecule has 0 rings (SSSR count). The third kappa shape index (κ3) is 59.4. The Hall–Kier alpha value is 1.66. The average molecular weight is 542 g/mol. The van der Waals surface area contributed by atoms with Crippen LogP contribution in [-0.4, -0.2) is 23.9 Å². The van der Waals surface area contributed by atoms with Gasteiger partial charge in [0, 0.05) is 23.9 Å². The smallest absolute Gasteiger partial charge is 0.550 e. The monoisotopic (exact) mass is 541 g/mol. The largest absolute Gasteiger partial charge is 2.00 e. The molecular weight excluding hydrogens is 505 g/mol. The Morgan fingerprint density at radius 2 is 0.806 bits per heavy atom. The minimum Gasteiger partial charge on any atom is -0.550 e. The molecule has 2 unspecified atom stereocenters. The Morgan fingerprint density at radius 1 is 0.613 bits per heavy atom. The average Bonchev–Trinajstić information content (AvgIpc) is 2.55. The fourth-order valence-corrected chi connectivity index (χ4v) is 1.88. The Kier molecular flexibility index (Phi) is 62.4. The first-order valence-corrected chi connectivity index (χ1v) is 9.67. The van der Waals surface area contributed by atoms with Crippen LogP contribution in [0.5, 0.6) is 0 Å². The number of rotatable bonds is 10. The van der Waals surface area contributed by atoms with Crippen LogP contribution < -0.4 is 123 Å². The van der Waals surface area contributed by atoms with E-state index < -0.39 is 23.9 Å². The van der Waals surface area contributed by atoms with Gasteiger partial charge >= 0.3 is 120 Å². The third-order valence-corrected chi connectivity index (χ3v) is 3.46. The van der Waals surface area contributed by atoms with E-state index in [-0.39, 0.29) is 131 Å². The number of carboxylic acid groups (broad SMARTS) is 4. The number of unbranched alkanes of at least 4 members (excludes halogenated alkanes) is 2. The van der Waals surface area contributed by atoms with Crippen molar-refractivity contribution in [2.24, 2.45) is 11.8 Å². The zero-order valence-corrected chi connectivity index (χ0v) is 27.7. The second-order valence-corrected chi connectivity index (χ2v) is 6.12. The minimum atomic E-state index is -1.08. The summed E-state index contributed by atoms with van der Waals surface area (Å²) < 4.78 is 0. The molecule has 11 heteroatoms. The normalized spacial score (nSPS) is 10.0. The summed E-state index contributed by atoms with van der Waals surface area (Å²) >= 11 is 0. The van der Waals surface area contributed by atoms with E-state index in [1.165, 1.54) is 0 Å². The first kappa shape index (κ1) is 49.7. The molecule has 0 N–H and O–H groups in total. The van der Waals surface area contributed by atoms with Crippen LogP contribution in [0.4, 0.5) is 0 Å². The van der Waals surface area contributed by atoms with Crippen molar-refractivity contribution in [3.63, 3.8) is 0 Å². The minimum absolute atomic E-state index is 0. The van der Waals surface area contributed by atoms with Crippen LogP contribution in [0.1, 0.15) is 92.9 Å². The molecule has 0 spiro atoms. The molecule has 0 aromatic rings. The van der Waals surface area contributed by atoms with Crippen LogP contribution in [0, 0.1) is 11.8 Å². The van der Waals surface area contributed by atoms with Crippen LogP contribution in [0.2, 0.25) is 0 Å². The van der Waals surface area contributed by atoms with E-state index in [1.807, 2.05) is 13.8 Å². The van der Waals surface area contributed by atoms with E-state index in [2.05, 4.69) is 13.8 Å². The SMILES string of the molecule is CC(=O)[O-].CC(=O)[O-].CCCCC(CC)C(=O)[O-].CCCCC(CC)C(=O)[O-].[Co+2].[K+].[K+]. The molecule has 0 aromatic carbocycles. The number of aliphatic carboxylic acids is 4. The standard InChI is InChI=1S/2C8H16O2.2C2H4O2.Co.2K/c2*1-3-5-6-7(4-2)8(9)10;2*1-2(3)4;;;/h2*7H,3-6H2,1-2H3,(H,9,10);2*1H3,(H,3,4);;;/q;;;;+2;2*+1/p-4. The Labute approximate surface area is 283 Å². The second kappa shape index (κ2) is 38.9. The molecule has 0 saturated carbocycles. The van der Waals surface area contributed by atoms with Crippen LogP contribution in [0.3, 0.4) is 0 Å². The quantitative estimate of drug-likeness (QED) is 0.247. The van der Waals surface area contributed by atoms with Gasteiger partial charge in [-0.05, 0) is 51.4 Å². The van der Waals surface area contributed by atoms with Crippen molar-refractivity contribution in [3.8, 4) is 0 Å². The second-order valence-electron chi connectivity index (χ2n) is 6.12. The maximum absolute atomic E-state index is 10.3. The molecule has 0 aliphatic carbocycles. The van der Waals surface area contributed by atoms with Crippen molar-refractivity contribution in [1.29, 1.82) is 0 Å². The van der Waals surface area contributed by atoms with Gasteiger partial charge in [0.2, 0.25) is 0 Å². The molecule has 0 aliphatic heterocycles. The van der Waals surface area contributed by atoms with Crippen LogP contribution in [0.25, 0.3) is 0 Å². The fraction of sp³-hybridized carbons (Fsp3) is 0.800. The molecule has 0 amide bonds. The van der Waals surface area contributed by atoms with Gasteiger partial charge in [-0.15, -0.1) is 0 Å². The number of carbonyl (C=O) groups excluding carboxylic acids is 4. The van der Waals surface area contributed by atoms with Crippen LogP contribution in [0.15, 0.2) is 0 Å². The van der Waals surface area contributed by atoms with Crippen LogP contribution in [-0.2, 0) is 36.0 Å². The number of hydrogen-bond acceptors (Lipinski definition) is 8. The van der Waals surface area contributed by atoms with Gasteiger partial charge in [-0.1, -0.05) is 53.4 Å². The van der Waals surface area contributed by atoms with Gasteiger partial charge in [0.15, 0.2) is 0 Å². The summed E-state index contributed by atoms with van der Waals surface area (Å²) in [6, 6.07) is 0. The van der Waals surface area contributed by atoms with Crippen molar-refractivity contribution < 1.29 is 159 Å². The Bertz CT molecular complexity index is 378. The number of hydrogen-bond donors (Lipinski definition) is 0. The molecular formula is C20H36CoK2O8. The molecule has 8 nitrogen and oxygen atoms in total. The predicted molar refractivity (Wildman–Crippen MR) is 98.0 cm³/mol. The molecule has 175 valence electrons. The van der Waals surface area contributed by atoms with E-state index in [1.54, 1.807) is 0 Å². The Morgan fingerprint density at radius 3 is 0.903 bits per heavy atom. The maximum atomic E-state index is 10.3. The van der Waals surface area contributed by atoms with Gasteiger partial charge < -0.3 is 39.6 Å². The molecule has 0 heterocycles. The van der Waals surface area contributed by atoms with E-state index in [9.17, 15) is 19.8 Å². The Balaban J connectivity index is -0.0000000518. The molecule has 0 bridgehead atoms. The maximum Gasteiger partial charge on any atom is 2.00 e. The summed E-state index contributed by atoms with van der Waals surface area (Å²) in [5.41, 5.74) is 0. The fourth-order valence-electron chi connectivity index (χ4n) is 1.88. The predicted octanol–water partition coefficient (Wildman–Crippen LogP) is -6.58. The zero-order valence-electron chi connectivity index (χ0n) is 20.4. The molecule has 0 aliphatic rings. The van der Waals surface area contributed by atoms with Gasteiger partial charge in [-0.25, -0.2) is 0 Å². The van der Waals surface area contributed by atoms with Crippen molar-refractivity contribution in [3.05, 3.63) is 0 Å². The zero-order chi connectivity index (χ0) is 23.1. The van der Waals surface area contributed by atoms with Crippen molar-refractivity contribution in [1.82, 2.24) is 0 Å².